The predicted octanol–water partition coefficient (Wildman–Crippen LogP) is 0.220. The van der Waals surface area contributed by atoms with Crippen molar-refractivity contribution in [1.82, 2.24) is 4.72 Å². The minimum absolute atomic E-state index is 0.412. The molecule has 0 amide bonds. The third-order valence-corrected chi connectivity index (χ3v) is 3.99. The van der Waals surface area contributed by atoms with E-state index in [1.54, 1.807) is 0 Å². The fourth-order valence-electron chi connectivity index (χ4n) is 1.11. The van der Waals surface area contributed by atoms with Crippen LogP contribution in [0.5, 0.6) is 0 Å². The van der Waals surface area contributed by atoms with E-state index in [0.29, 0.717) is 4.47 Å². The van der Waals surface area contributed by atoms with Crippen molar-refractivity contribution >= 4 is 26.0 Å². The first-order chi connectivity index (χ1) is 7.90. The Morgan fingerprint density at radius 2 is 1.94 bits per heavy atom. The van der Waals surface area contributed by atoms with Gasteiger partial charge in [-0.05, 0) is 18.2 Å². The predicted molar refractivity (Wildman–Crippen MR) is 62.4 cm³/mol. The lowest BCUT2D eigenvalue weighted by Gasteiger charge is -2.14. The molecule has 96 valence electrons. The number of aliphatic hydroxyl groups is 2. The summed E-state index contributed by atoms with van der Waals surface area (Å²) in [4.78, 5) is -0.535. The van der Waals surface area contributed by atoms with E-state index >= 15 is 0 Å². The summed E-state index contributed by atoms with van der Waals surface area (Å²) in [5, 5.41) is 17.5. The van der Waals surface area contributed by atoms with Gasteiger partial charge in [-0.25, -0.2) is 17.5 Å². The van der Waals surface area contributed by atoms with Crippen LogP contribution in [0.4, 0.5) is 4.39 Å². The Kier molecular flexibility index (Phi) is 5.02. The van der Waals surface area contributed by atoms with Crippen LogP contribution in [0.15, 0.2) is 27.6 Å². The van der Waals surface area contributed by atoms with Crippen molar-refractivity contribution in [2.45, 2.75) is 10.9 Å². The zero-order chi connectivity index (χ0) is 13.1. The van der Waals surface area contributed by atoms with Crippen LogP contribution in [-0.4, -0.2) is 37.9 Å². The number of rotatable bonds is 5. The maximum Gasteiger partial charge on any atom is 0.243 e. The summed E-state index contributed by atoms with van der Waals surface area (Å²) in [5.74, 6) is -0.915. The number of nitrogens with one attached hydrogen (secondary N) is 1. The van der Waals surface area contributed by atoms with Gasteiger partial charge >= 0.3 is 0 Å². The average Bonchev–Trinajstić information content (AvgIpc) is 2.25. The first-order valence-electron chi connectivity index (χ1n) is 4.60. The van der Waals surface area contributed by atoms with Crippen molar-refractivity contribution in [2.24, 2.45) is 0 Å². The number of aliphatic hydroxyl groups excluding tert-OH is 2. The molecule has 3 N–H and O–H groups in total. The maximum atomic E-state index is 13.4. The van der Waals surface area contributed by atoms with Crippen molar-refractivity contribution in [3.8, 4) is 0 Å². The van der Waals surface area contributed by atoms with E-state index in [0.717, 1.165) is 12.1 Å². The highest BCUT2D eigenvalue weighted by atomic mass is 79.9. The molecule has 0 aliphatic carbocycles. The lowest BCUT2D eigenvalue weighted by molar-refractivity contribution is 0.185. The van der Waals surface area contributed by atoms with E-state index < -0.39 is 40.0 Å². The van der Waals surface area contributed by atoms with Crippen LogP contribution in [0.2, 0.25) is 0 Å². The second kappa shape index (κ2) is 5.87. The summed E-state index contributed by atoms with van der Waals surface area (Å²) in [7, 11) is -4.10. The summed E-state index contributed by atoms with van der Waals surface area (Å²) in [6.45, 7) is -1.15. The van der Waals surface area contributed by atoms with Gasteiger partial charge in [0.15, 0.2) is 0 Å². The molecule has 0 bridgehead atoms. The molecule has 0 aromatic heterocycles. The van der Waals surface area contributed by atoms with Crippen molar-refractivity contribution < 1.29 is 23.0 Å². The first-order valence-corrected chi connectivity index (χ1v) is 6.87. The first kappa shape index (κ1) is 14.5. The third kappa shape index (κ3) is 3.71. The standard InChI is InChI=1S/C9H11BrFNO4S/c10-6-1-2-9(8(11)3-6)17(15,16)12-7(4-13)5-14/h1-3,7,12-14H,4-5H2. The van der Waals surface area contributed by atoms with Crippen LogP contribution in [0, 0.1) is 5.82 Å². The Morgan fingerprint density at radius 3 is 2.41 bits per heavy atom. The Hall–Kier alpha value is -0.540. The molecule has 0 aliphatic heterocycles. The minimum atomic E-state index is -4.10. The highest BCUT2D eigenvalue weighted by molar-refractivity contribution is 9.10. The minimum Gasteiger partial charge on any atom is -0.395 e. The molecule has 5 nitrogen and oxygen atoms in total. The Bertz CT molecular complexity index is 490. The normalized spacial score (nSPS) is 12.1. The van der Waals surface area contributed by atoms with Gasteiger partial charge in [0.25, 0.3) is 0 Å². The molecule has 0 fully saturated rings. The lowest BCUT2D eigenvalue weighted by Crippen LogP contribution is -2.40. The van der Waals surface area contributed by atoms with Crippen LogP contribution in [0.3, 0.4) is 0 Å². The molecule has 0 unspecified atom stereocenters. The van der Waals surface area contributed by atoms with Gasteiger partial charge in [0.2, 0.25) is 10.0 Å². The molecule has 1 aromatic carbocycles. The quantitative estimate of drug-likeness (QED) is 0.722. The topological polar surface area (TPSA) is 86.6 Å². The van der Waals surface area contributed by atoms with Crippen LogP contribution in [-0.2, 0) is 10.0 Å². The van der Waals surface area contributed by atoms with Gasteiger partial charge < -0.3 is 10.2 Å². The fraction of sp³-hybridized carbons (Fsp3) is 0.333. The number of benzene rings is 1. The van der Waals surface area contributed by atoms with Crippen molar-refractivity contribution in [3.05, 3.63) is 28.5 Å². The Morgan fingerprint density at radius 1 is 1.35 bits per heavy atom. The highest BCUT2D eigenvalue weighted by Crippen LogP contribution is 2.19. The van der Waals surface area contributed by atoms with Gasteiger partial charge in [-0.15, -0.1) is 0 Å². The summed E-state index contributed by atoms with van der Waals surface area (Å²) in [6.07, 6.45) is 0. The van der Waals surface area contributed by atoms with Crippen LogP contribution < -0.4 is 4.72 Å². The number of hydrogen-bond donors (Lipinski definition) is 3. The fourth-order valence-corrected chi connectivity index (χ4v) is 2.72. The van der Waals surface area contributed by atoms with E-state index in [1.807, 2.05) is 4.72 Å². The second-order valence-electron chi connectivity index (χ2n) is 3.26. The zero-order valence-corrected chi connectivity index (χ0v) is 11.0. The van der Waals surface area contributed by atoms with Gasteiger partial charge in [-0.1, -0.05) is 15.9 Å². The Labute approximate surface area is 106 Å². The van der Waals surface area contributed by atoms with E-state index in [2.05, 4.69) is 15.9 Å². The monoisotopic (exact) mass is 327 g/mol. The number of halogens is 2. The third-order valence-electron chi connectivity index (χ3n) is 1.95. The lowest BCUT2D eigenvalue weighted by atomic mass is 10.3. The maximum absolute atomic E-state index is 13.4. The zero-order valence-electron chi connectivity index (χ0n) is 8.60. The largest absolute Gasteiger partial charge is 0.395 e. The molecule has 0 radical (unpaired) electrons. The van der Waals surface area contributed by atoms with Crippen molar-refractivity contribution in [3.63, 3.8) is 0 Å². The van der Waals surface area contributed by atoms with Crippen molar-refractivity contribution in [1.29, 1.82) is 0 Å². The molecular formula is C9H11BrFNO4S. The summed E-state index contributed by atoms with van der Waals surface area (Å²) in [5.41, 5.74) is 0. The Balaban J connectivity index is 3.05. The highest BCUT2D eigenvalue weighted by Gasteiger charge is 2.22. The van der Waals surface area contributed by atoms with E-state index in [9.17, 15) is 12.8 Å². The van der Waals surface area contributed by atoms with Crippen molar-refractivity contribution in [2.75, 3.05) is 13.2 Å². The van der Waals surface area contributed by atoms with Gasteiger partial charge in [0.1, 0.15) is 10.7 Å². The molecule has 1 aromatic rings. The van der Waals surface area contributed by atoms with E-state index in [4.69, 9.17) is 10.2 Å². The SMILES string of the molecule is O=S(=O)(NC(CO)CO)c1ccc(Br)cc1F. The summed E-state index contributed by atoms with van der Waals surface area (Å²) in [6, 6.07) is 2.43. The molecule has 17 heavy (non-hydrogen) atoms. The second-order valence-corrected chi connectivity index (χ2v) is 5.86. The van der Waals surface area contributed by atoms with Crippen LogP contribution in [0.1, 0.15) is 0 Å². The van der Waals surface area contributed by atoms with Gasteiger partial charge in [-0.2, -0.15) is 0 Å². The molecular weight excluding hydrogens is 317 g/mol. The van der Waals surface area contributed by atoms with Crippen LogP contribution >= 0.6 is 15.9 Å². The van der Waals surface area contributed by atoms with Crippen LogP contribution in [0.25, 0.3) is 0 Å². The molecule has 0 saturated heterocycles. The number of sulfonamides is 1. The van der Waals surface area contributed by atoms with Gasteiger partial charge in [-0.3, -0.25) is 0 Å². The molecule has 0 aliphatic rings. The molecule has 0 atom stereocenters. The molecule has 0 heterocycles. The van der Waals surface area contributed by atoms with E-state index in [-0.39, 0.29) is 0 Å². The van der Waals surface area contributed by atoms with Gasteiger partial charge in [0.05, 0.1) is 19.3 Å². The van der Waals surface area contributed by atoms with E-state index in [1.165, 1.54) is 6.07 Å². The molecule has 0 spiro atoms. The number of hydrogen-bond acceptors (Lipinski definition) is 4. The molecule has 0 saturated carbocycles. The smallest absolute Gasteiger partial charge is 0.243 e. The molecule has 8 heteroatoms. The summed E-state index contributed by atoms with van der Waals surface area (Å²) >= 11 is 3.01. The summed E-state index contributed by atoms with van der Waals surface area (Å²) < 4.78 is 39.2. The average molecular weight is 328 g/mol. The van der Waals surface area contributed by atoms with Gasteiger partial charge in [0, 0.05) is 4.47 Å². The molecule has 1 rings (SSSR count).